The molecule has 3 N–H and O–H groups in total. The molecule has 10 aromatic rings. The molecule has 1 unspecified atom stereocenters. The Morgan fingerprint density at radius 2 is 0.909 bits per heavy atom. The molecule has 318 valence electrons. The fraction of sp³-hybridized carbons (Fsp3) is 0.0833. The van der Waals surface area contributed by atoms with Crippen molar-refractivity contribution in [3.05, 3.63) is 212 Å². The lowest BCUT2D eigenvalue weighted by molar-refractivity contribution is 0.351. The number of hydrogen-bond acceptors (Lipinski definition) is 6. The quantitative estimate of drug-likeness (QED) is 0.148. The molecule has 0 saturated carbocycles. The molecule has 9 aromatic carbocycles. The molecule has 1 aromatic heterocycles. The van der Waals surface area contributed by atoms with Crippen molar-refractivity contribution in [2.45, 2.75) is 26.9 Å². The number of nitrogens with zero attached hydrogens (tertiary/aromatic N) is 4. The summed E-state index contributed by atoms with van der Waals surface area (Å²) in [6.45, 7) is 6.81. The highest BCUT2D eigenvalue weighted by molar-refractivity contribution is 5.98. The topological polar surface area (TPSA) is 80.0 Å². The molecule has 1 aliphatic rings. The van der Waals surface area contributed by atoms with E-state index in [9.17, 15) is 0 Å². The molecule has 6 heteroatoms. The van der Waals surface area contributed by atoms with Gasteiger partial charge in [0.05, 0.1) is 11.4 Å². The second kappa shape index (κ2) is 16.6. The summed E-state index contributed by atoms with van der Waals surface area (Å²) < 4.78 is 0. The Kier molecular flexibility index (Phi) is 10.2. The molecule has 1 atom stereocenters. The van der Waals surface area contributed by atoms with Gasteiger partial charge in [-0.25, -0.2) is 15.0 Å². The highest BCUT2D eigenvalue weighted by Crippen LogP contribution is 2.47. The fourth-order valence-corrected chi connectivity index (χ4v) is 9.40. The number of benzene rings is 9. The van der Waals surface area contributed by atoms with Crippen molar-refractivity contribution in [3.8, 4) is 78.7 Å². The van der Waals surface area contributed by atoms with Gasteiger partial charge in [-0.05, 0) is 97.7 Å². The van der Waals surface area contributed by atoms with Crippen LogP contribution >= 0.6 is 0 Å². The average Bonchev–Trinajstić information content (AvgIpc) is 3.77. The minimum absolute atomic E-state index is 0.0391. The summed E-state index contributed by atoms with van der Waals surface area (Å²) in [5.74, 6) is 1.84. The Hall–Kier alpha value is -8.35. The lowest BCUT2D eigenvalue weighted by atomic mass is 9.88. The molecule has 0 amide bonds. The van der Waals surface area contributed by atoms with E-state index >= 15 is 0 Å². The monoisotopic (exact) mass is 852 g/mol. The molecule has 0 aliphatic carbocycles. The zero-order chi connectivity index (χ0) is 44.8. The van der Waals surface area contributed by atoms with Crippen LogP contribution in [0.2, 0.25) is 0 Å². The molecule has 11 rings (SSSR count). The summed E-state index contributed by atoms with van der Waals surface area (Å²) in [7, 11) is 0. The van der Waals surface area contributed by atoms with E-state index in [4.69, 9.17) is 20.7 Å². The zero-order valence-electron chi connectivity index (χ0n) is 37.2. The van der Waals surface area contributed by atoms with E-state index in [2.05, 4.69) is 213 Å². The van der Waals surface area contributed by atoms with E-state index in [1.165, 1.54) is 16.3 Å². The van der Waals surface area contributed by atoms with Gasteiger partial charge in [0.2, 0.25) is 0 Å². The van der Waals surface area contributed by atoms with Gasteiger partial charge in [-0.15, -0.1) is 0 Å². The third kappa shape index (κ3) is 7.62. The highest BCUT2D eigenvalue weighted by Gasteiger charge is 2.38. The van der Waals surface area contributed by atoms with Crippen LogP contribution in [0, 0.1) is 5.41 Å². The molecule has 0 spiro atoms. The Bertz CT molecular complexity index is 3420. The van der Waals surface area contributed by atoms with Crippen molar-refractivity contribution >= 4 is 33.5 Å². The van der Waals surface area contributed by atoms with E-state index < -0.39 is 0 Å². The summed E-state index contributed by atoms with van der Waals surface area (Å²) in [5, 5.41) is 6.20. The number of nitrogens with one attached hydrogen (secondary N) is 1. The SMILES string of the molecule is CC(C)(C)C1Nc2ccccc2N1c1cc(N)cc(-c2ccccc2-c2ccccc2-c2cccc(-c3nc(-c4ccccc4)nc(-c4cccc(-c5cccc6ccccc56)c4)n3)c2)c1. The Morgan fingerprint density at radius 3 is 1.59 bits per heavy atom. The van der Waals surface area contributed by atoms with Crippen LogP contribution in [0.4, 0.5) is 22.7 Å². The molecule has 0 saturated heterocycles. The van der Waals surface area contributed by atoms with Gasteiger partial charge in [0.1, 0.15) is 6.17 Å². The first-order valence-electron chi connectivity index (χ1n) is 22.5. The molecule has 6 nitrogen and oxygen atoms in total. The number of nitrogens with two attached hydrogens (primary N) is 1. The zero-order valence-corrected chi connectivity index (χ0v) is 37.2. The third-order valence-electron chi connectivity index (χ3n) is 12.5. The van der Waals surface area contributed by atoms with Crippen LogP contribution in [0.25, 0.3) is 89.4 Å². The van der Waals surface area contributed by atoms with E-state index in [0.717, 1.165) is 72.7 Å². The van der Waals surface area contributed by atoms with Gasteiger partial charge in [0.15, 0.2) is 17.5 Å². The Labute approximate surface area is 386 Å². The number of aromatic nitrogens is 3. The smallest absolute Gasteiger partial charge is 0.164 e. The van der Waals surface area contributed by atoms with Crippen LogP contribution in [0.15, 0.2) is 212 Å². The van der Waals surface area contributed by atoms with Crippen LogP contribution in [0.3, 0.4) is 0 Å². The largest absolute Gasteiger partial charge is 0.399 e. The second-order valence-corrected chi connectivity index (χ2v) is 18.1. The number of anilines is 4. The standard InChI is InChI=1S/C60H48N6/c1-60(2,3)59-62-54-32-13-14-33-55(54)66(59)47-37-45(36-46(61)38-47)51-28-10-12-30-53(51)52-29-11-9-27-50(52)42-23-16-25-44(35-42)58-64-56(40-19-5-4-6-20-40)63-57(65-58)43-24-15-22-41(34-43)49-31-17-21-39-18-7-8-26-48(39)49/h4-38,59,62H,61H2,1-3H3. The third-order valence-corrected chi connectivity index (χ3v) is 12.5. The predicted molar refractivity (Wildman–Crippen MR) is 275 cm³/mol. The summed E-state index contributed by atoms with van der Waals surface area (Å²) in [4.78, 5) is 17.8. The summed E-state index contributed by atoms with van der Waals surface area (Å²) in [5.41, 5.74) is 22.3. The van der Waals surface area contributed by atoms with Crippen molar-refractivity contribution in [1.29, 1.82) is 0 Å². The molecule has 66 heavy (non-hydrogen) atoms. The van der Waals surface area contributed by atoms with Gasteiger partial charge < -0.3 is 16.0 Å². The minimum Gasteiger partial charge on any atom is -0.399 e. The molecule has 0 fully saturated rings. The maximum atomic E-state index is 6.81. The van der Waals surface area contributed by atoms with E-state index in [-0.39, 0.29) is 11.6 Å². The molecule has 0 radical (unpaired) electrons. The number of para-hydroxylation sites is 2. The van der Waals surface area contributed by atoms with Gasteiger partial charge in [-0.3, -0.25) is 0 Å². The van der Waals surface area contributed by atoms with Gasteiger partial charge in [0.25, 0.3) is 0 Å². The number of hydrogen-bond donors (Lipinski definition) is 2. The molecule has 1 aliphatic heterocycles. The Morgan fingerprint density at radius 1 is 0.424 bits per heavy atom. The second-order valence-electron chi connectivity index (χ2n) is 18.1. The first-order valence-corrected chi connectivity index (χ1v) is 22.5. The Balaban J connectivity index is 0.998. The molecule has 0 bridgehead atoms. The van der Waals surface area contributed by atoms with Crippen molar-refractivity contribution in [2.24, 2.45) is 5.41 Å². The summed E-state index contributed by atoms with van der Waals surface area (Å²) in [6.07, 6.45) is 0.0391. The van der Waals surface area contributed by atoms with Gasteiger partial charge in [-0.2, -0.15) is 0 Å². The van der Waals surface area contributed by atoms with Gasteiger partial charge >= 0.3 is 0 Å². The van der Waals surface area contributed by atoms with Crippen LogP contribution in [-0.4, -0.2) is 21.1 Å². The van der Waals surface area contributed by atoms with E-state index in [1.807, 2.05) is 30.3 Å². The maximum absolute atomic E-state index is 6.81. The maximum Gasteiger partial charge on any atom is 0.164 e. The van der Waals surface area contributed by atoms with Crippen molar-refractivity contribution in [1.82, 2.24) is 15.0 Å². The van der Waals surface area contributed by atoms with Crippen molar-refractivity contribution < 1.29 is 0 Å². The van der Waals surface area contributed by atoms with Crippen molar-refractivity contribution in [2.75, 3.05) is 16.0 Å². The summed E-state index contributed by atoms with van der Waals surface area (Å²) >= 11 is 0. The van der Waals surface area contributed by atoms with Crippen LogP contribution in [0.1, 0.15) is 20.8 Å². The van der Waals surface area contributed by atoms with Gasteiger partial charge in [-0.1, -0.05) is 191 Å². The van der Waals surface area contributed by atoms with Gasteiger partial charge in [0, 0.05) is 33.5 Å². The lowest BCUT2D eigenvalue weighted by Gasteiger charge is -2.36. The minimum atomic E-state index is -0.0652. The van der Waals surface area contributed by atoms with E-state index in [1.54, 1.807) is 0 Å². The number of rotatable bonds is 8. The highest BCUT2D eigenvalue weighted by atomic mass is 15.3. The average molecular weight is 853 g/mol. The normalized spacial score (nSPS) is 13.4. The van der Waals surface area contributed by atoms with Crippen molar-refractivity contribution in [3.63, 3.8) is 0 Å². The first kappa shape index (κ1) is 40.4. The van der Waals surface area contributed by atoms with E-state index in [0.29, 0.717) is 23.2 Å². The predicted octanol–water partition coefficient (Wildman–Crippen LogP) is 15.2. The fourth-order valence-electron chi connectivity index (χ4n) is 9.40. The van der Waals surface area contributed by atoms with Crippen LogP contribution < -0.4 is 16.0 Å². The molecular formula is C60H48N6. The van der Waals surface area contributed by atoms with Crippen LogP contribution in [-0.2, 0) is 0 Å². The molecule has 2 heterocycles. The number of fused-ring (bicyclic) bond motifs is 2. The van der Waals surface area contributed by atoms with Crippen LogP contribution in [0.5, 0.6) is 0 Å². The molecular weight excluding hydrogens is 805 g/mol. The number of nitrogen functional groups attached to an aromatic ring is 1. The first-order chi connectivity index (χ1) is 32.2. The summed E-state index contributed by atoms with van der Waals surface area (Å²) in [6, 6.07) is 74.4. The lowest BCUT2D eigenvalue weighted by Crippen LogP contribution is -2.42.